The van der Waals surface area contributed by atoms with E-state index in [0.717, 1.165) is 34.0 Å². The zero-order valence-corrected chi connectivity index (χ0v) is 16.0. The van der Waals surface area contributed by atoms with Crippen LogP contribution in [0.3, 0.4) is 0 Å². The second kappa shape index (κ2) is 8.15. The summed E-state index contributed by atoms with van der Waals surface area (Å²) in [5, 5.41) is 0.879. The Morgan fingerprint density at radius 3 is 2.54 bits per heavy atom. The second-order valence-electron chi connectivity index (χ2n) is 6.09. The number of rotatable bonds is 6. The molecule has 0 fully saturated rings. The number of aromatic nitrogens is 1. The Hall–Kier alpha value is -2.66. The third-order valence-electron chi connectivity index (χ3n) is 4.27. The number of amides is 1. The number of hydrogen-bond acceptors (Lipinski definition) is 4. The molecule has 2 aromatic carbocycles. The number of ether oxygens (including phenoxy) is 1. The smallest absolute Gasteiger partial charge is 0.265 e. The normalized spacial score (nSPS) is 10.6. The van der Waals surface area contributed by atoms with Gasteiger partial charge in [0.25, 0.3) is 5.91 Å². The van der Waals surface area contributed by atoms with E-state index < -0.39 is 0 Å². The van der Waals surface area contributed by atoms with E-state index in [1.165, 1.54) is 11.3 Å². The predicted octanol–water partition coefficient (Wildman–Crippen LogP) is 4.44. The molecule has 4 nitrogen and oxygen atoms in total. The van der Waals surface area contributed by atoms with Crippen LogP contribution in [0, 0.1) is 6.92 Å². The van der Waals surface area contributed by atoms with Gasteiger partial charge in [0.15, 0.2) is 0 Å². The van der Waals surface area contributed by atoms with Gasteiger partial charge < -0.3 is 9.64 Å². The Bertz CT molecular complexity index is 890. The van der Waals surface area contributed by atoms with Crippen LogP contribution in [-0.2, 0) is 6.42 Å². The monoisotopic (exact) mass is 366 g/mol. The molecule has 26 heavy (non-hydrogen) atoms. The lowest BCUT2D eigenvalue weighted by atomic mass is 10.1. The van der Waals surface area contributed by atoms with Crippen molar-refractivity contribution in [1.82, 2.24) is 9.88 Å². The van der Waals surface area contributed by atoms with Crippen molar-refractivity contribution in [1.29, 1.82) is 0 Å². The lowest BCUT2D eigenvalue weighted by Crippen LogP contribution is -2.28. The maximum atomic E-state index is 12.9. The largest absolute Gasteiger partial charge is 0.496 e. The lowest BCUT2D eigenvalue weighted by Gasteiger charge is -2.17. The minimum absolute atomic E-state index is 0.0112. The molecule has 0 spiro atoms. The highest BCUT2D eigenvalue weighted by Gasteiger charge is 2.19. The van der Waals surface area contributed by atoms with E-state index in [-0.39, 0.29) is 5.91 Å². The first-order valence-electron chi connectivity index (χ1n) is 8.50. The number of carbonyl (C=O) groups excluding carboxylic acids is 1. The van der Waals surface area contributed by atoms with Gasteiger partial charge in [-0.15, -0.1) is 11.3 Å². The highest BCUT2D eigenvalue weighted by atomic mass is 32.1. The van der Waals surface area contributed by atoms with Crippen LogP contribution < -0.4 is 4.74 Å². The Morgan fingerprint density at radius 1 is 1.12 bits per heavy atom. The molecule has 1 amide bonds. The van der Waals surface area contributed by atoms with Crippen LogP contribution in [-0.4, -0.2) is 36.5 Å². The molecule has 0 N–H and O–H groups in total. The molecule has 0 saturated heterocycles. The molecule has 5 heteroatoms. The summed E-state index contributed by atoms with van der Waals surface area (Å²) in [6.07, 6.45) is 0.746. The van der Waals surface area contributed by atoms with Gasteiger partial charge in [0, 0.05) is 19.2 Å². The van der Waals surface area contributed by atoms with Crippen molar-refractivity contribution in [2.75, 3.05) is 20.7 Å². The van der Waals surface area contributed by atoms with E-state index >= 15 is 0 Å². The Kier molecular flexibility index (Phi) is 5.68. The average molecular weight is 366 g/mol. The summed E-state index contributed by atoms with van der Waals surface area (Å²) in [5.74, 6) is 0.866. The van der Waals surface area contributed by atoms with Gasteiger partial charge in [-0.2, -0.15) is 0 Å². The van der Waals surface area contributed by atoms with Crippen molar-refractivity contribution in [2.24, 2.45) is 0 Å². The number of carbonyl (C=O) groups is 1. The lowest BCUT2D eigenvalue weighted by molar-refractivity contribution is 0.0800. The molecular weight excluding hydrogens is 344 g/mol. The number of aryl methyl sites for hydroxylation is 1. The molecule has 0 aliphatic heterocycles. The van der Waals surface area contributed by atoms with Gasteiger partial charge in [0.1, 0.15) is 15.6 Å². The van der Waals surface area contributed by atoms with Crippen LogP contribution >= 0.6 is 11.3 Å². The minimum Gasteiger partial charge on any atom is -0.496 e. The van der Waals surface area contributed by atoms with Gasteiger partial charge in [-0.05, 0) is 25.0 Å². The maximum absolute atomic E-state index is 12.9. The Balaban J connectivity index is 1.72. The van der Waals surface area contributed by atoms with E-state index in [1.807, 2.05) is 68.6 Å². The molecule has 1 heterocycles. The molecule has 0 radical (unpaired) electrons. The molecule has 0 bridgehead atoms. The first-order chi connectivity index (χ1) is 12.6. The van der Waals surface area contributed by atoms with Crippen LogP contribution in [0.2, 0.25) is 0 Å². The van der Waals surface area contributed by atoms with Crippen molar-refractivity contribution in [3.63, 3.8) is 0 Å². The van der Waals surface area contributed by atoms with Crippen LogP contribution in [0.5, 0.6) is 5.75 Å². The SMILES string of the molecule is COc1ccccc1CCN(C)C(=O)c1sc(-c2ccccc2)nc1C. The Morgan fingerprint density at radius 2 is 1.81 bits per heavy atom. The zero-order chi connectivity index (χ0) is 18.5. The predicted molar refractivity (Wildman–Crippen MR) is 106 cm³/mol. The van der Waals surface area contributed by atoms with Gasteiger partial charge in [0.2, 0.25) is 0 Å². The molecular formula is C21H22N2O2S. The highest BCUT2D eigenvalue weighted by molar-refractivity contribution is 7.17. The molecule has 0 atom stereocenters. The summed E-state index contributed by atoms with van der Waals surface area (Å²) in [7, 11) is 3.50. The fourth-order valence-corrected chi connectivity index (χ4v) is 3.84. The van der Waals surface area contributed by atoms with Crippen LogP contribution in [0.25, 0.3) is 10.6 Å². The number of para-hydroxylation sites is 1. The Labute approximate surface area is 158 Å². The molecule has 134 valence electrons. The molecule has 3 aromatic rings. The number of hydrogen-bond donors (Lipinski definition) is 0. The van der Waals surface area contributed by atoms with Gasteiger partial charge in [-0.3, -0.25) is 4.79 Å². The van der Waals surface area contributed by atoms with E-state index in [1.54, 1.807) is 12.0 Å². The number of nitrogens with zero attached hydrogens (tertiary/aromatic N) is 2. The molecule has 0 unspecified atom stereocenters. The van der Waals surface area contributed by atoms with Crippen molar-refractivity contribution in [2.45, 2.75) is 13.3 Å². The van der Waals surface area contributed by atoms with Gasteiger partial charge >= 0.3 is 0 Å². The average Bonchev–Trinajstić information content (AvgIpc) is 3.08. The van der Waals surface area contributed by atoms with Gasteiger partial charge in [-0.25, -0.2) is 4.98 Å². The standard InChI is InChI=1S/C21H22N2O2S/c1-15-19(26-20(22-15)17-10-5-4-6-11-17)21(24)23(2)14-13-16-9-7-8-12-18(16)25-3/h4-12H,13-14H2,1-3H3. The van der Waals surface area contributed by atoms with Crippen LogP contribution in [0.1, 0.15) is 20.9 Å². The number of likely N-dealkylation sites (N-methyl/N-ethyl adjacent to an activating group) is 1. The summed E-state index contributed by atoms with van der Waals surface area (Å²) in [6.45, 7) is 2.52. The van der Waals surface area contributed by atoms with E-state index in [2.05, 4.69) is 4.98 Å². The molecule has 0 saturated carbocycles. The number of methoxy groups -OCH3 is 1. The van der Waals surface area contributed by atoms with Crippen molar-refractivity contribution in [3.8, 4) is 16.3 Å². The molecule has 0 aliphatic rings. The summed E-state index contributed by atoms with van der Waals surface area (Å²) < 4.78 is 5.38. The minimum atomic E-state index is 0.0112. The van der Waals surface area contributed by atoms with Gasteiger partial charge in [-0.1, -0.05) is 48.5 Å². The van der Waals surface area contributed by atoms with Gasteiger partial charge in [0.05, 0.1) is 12.8 Å². The highest BCUT2D eigenvalue weighted by Crippen LogP contribution is 2.28. The quantitative estimate of drug-likeness (QED) is 0.648. The third-order valence-corrected chi connectivity index (χ3v) is 5.46. The maximum Gasteiger partial charge on any atom is 0.265 e. The fraction of sp³-hybridized carbons (Fsp3) is 0.238. The summed E-state index contributed by atoms with van der Waals surface area (Å²) in [6, 6.07) is 17.9. The summed E-state index contributed by atoms with van der Waals surface area (Å²) >= 11 is 1.45. The number of benzene rings is 2. The zero-order valence-electron chi connectivity index (χ0n) is 15.2. The van der Waals surface area contributed by atoms with Crippen LogP contribution in [0.4, 0.5) is 0 Å². The third kappa shape index (κ3) is 3.94. The summed E-state index contributed by atoms with van der Waals surface area (Å²) in [4.78, 5) is 19.9. The van der Waals surface area contributed by atoms with Crippen LogP contribution in [0.15, 0.2) is 54.6 Å². The van der Waals surface area contributed by atoms with Crippen molar-refractivity contribution >= 4 is 17.2 Å². The first kappa shape index (κ1) is 18.1. The number of thiazole rings is 1. The molecule has 0 aliphatic carbocycles. The second-order valence-corrected chi connectivity index (χ2v) is 7.09. The van der Waals surface area contributed by atoms with Crippen molar-refractivity contribution in [3.05, 3.63) is 70.7 Å². The first-order valence-corrected chi connectivity index (χ1v) is 9.32. The van der Waals surface area contributed by atoms with Crippen molar-refractivity contribution < 1.29 is 9.53 Å². The molecule has 1 aromatic heterocycles. The van der Waals surface area contributed by atoms with E-state index in [0.29, 0.717) is 11.4 Å². The summed E-state index contributed by atoms with van der Waals surface area (Å²) in [5.41, 5.74) is 2.92. The van der Waals surface area contributed by atoms with E-state index in [9.17, 15) is 4.79 Å². The molecule has 3 rings (SSSR count). The fourth-order valence-electron chi connectivity index (χ4n) is 2.77. The van der Waals surface area contributed by atoms with E-state index in [4.69, 9.17) is 4.74 Å². The topological polar surface area (TPSA) is 42.4 Å².